The molecule has 1 fully saturated rings. The third-order valence-corrected chi connectivity index (χ3v) is 6.54. The minimum Gasteiger partial charge on any atom is -0.435 e. The Morgan fingerprint density at radius 1 is 1.35 bits per heavy atom. The molecule has 1 aliphatic rings. The Balaban J connectivity index is 2.33. The van der Waals surface area contributed by atoms with E-state index in [-0.39, 0.29) is 22.5 Å². The molecule has 0 heterocycles. The smallest absolute Gasteiger partial charge is 0.387 e. The van der Waals surface area contributed by atoms with Gasteiger partial charge in [0.1, 0.15) is 15.7 Å². The van der Waals surface area contributed by atoms with Crippen LogP contribution in [0, 0.1) is 0 Å². The fraction of sp³-hybridized carbons (Fsp3) is 0.458. The van der Waals surface area contributed by atoms with E-state index in [0.717, 1.165) is 18.4 Å². The van der Waals surface area contributed by atoms with Crippen LogP contribution >= 0.6 is 0 Å². The van der Waals surface area contributed by atoms with E-state index in [9.17, 15) is 17.8 Å². The number of likely N-dealkylation sites (N-methyl/N-ethyl adjacent to an activating group) is 1. The van der Waals surface area contributed by atoms with Gasteiger partial charge in [-0.05, 0) is 80.6 Å². The van der Waals surface area contributed by atoms with Gasteiger partial charge in [-0.3, -0.25) is 0 Å². The van der Waals surface area contributed by atoms with Gasteiger partial charge in [0.25, 0.3) is 0 Å². The standard InChI is InChI=1S/C24H34F2N4O3S/c1-7-17(14-30(5)6)9-8-16(4)34(27,32)29-24(31)28-22-20(15(2)3)12-19(33-23(25)26)13-21(22)18-10-11-18/h7-9,12-13,15,18,23H,4,10-11,14H2,1-3,5-6H3,(H3,27,28,29,31,32)/b9-8-,17-7+/t34-/m0/s1. The number of ether oxygens (including phenoxy) is 1. The summed E-state index contributed by atoms with van der Waals surface area (Å²) in [6.07, 6.45) is 6.85. The van der Waals surface area contributed by atoms with E-state index >= 15 is 0 Å². The molecule has 7 nitrogen and oxygen atoms in total. The highest BCUT2D eigenvalue weighted by Crippen LogP contribution is 2.47. The second-order valence-electron chi connectivity index (χ2n) is 8.78. The quantitative estimate of drug-likeness (QED) is 0.404. The Bertz CT molecular complexity index is 1080. The first-order chi connectivity index (χ1) is 15.8. The first-order valence-electron chi connectivity index (χ1n) is 11.0. The van der Waals surface area contributed by atoms with E-state index in [0.29, 0.717) is 23.4 Å². The number of nitrogens with zero attached hydrogens (tertiary/aromatic N) is 2. The molecule has 2 amide bonds. The van der Waals surface area contributed by atoms with Gasteiger partial charge in [-0.15, -0.1) is 4.36 Å². The number of nitrogens with two attached hydrogens (primary N) is 1. The minimum atomic E-state index is -3.57. The van der Waals surface area contributed by atoms with Gasteiger partial charge in [0, 0.05) is 12.2 Å². The van der Waals surface area contributed by atoms with Crippen molar-refractivity contribution in [1.29, 1.82) is 0 Å². The van der Waals surface area contributed by atoms with Crippen LogP contribution in [0.2, 0.25) is 0 Å². The predicted molar refractivity (Wildman–Crippen MR) is 134 cm³/mol. The zero-order valence-electron chi connectivity index (χ0n) is 20.3. The van der Waals surface area contributed by atoms with Gasteiger partial charge in [0.05, 0.1) is 4.91 Å². The number of carbonyl (C=O) groups excluding carboxylic acids is 1. The second kappa shape index (κ2) is 11.7. The molecule has 0 bridgehead atoms. The van der Waals surface area contributed by atoms with Gasteiger partial charge in [0.15, 0.2) is 0 Å². The molecule has 0 spiro atoms. The summed E-state index contributed by atoms with van der Waals surface area (Å²) in [5.41, 5.74) is 2.72. The summed E-state index contributed by atoms with van der Waals surface area (Å²) in [5, 5.41) is 8.53. The van der Waals surface area contributed by atoms with Crippen LogP contribution in [0.15, 0.2) is 51.8 Å². The molecule has 0 radical (unpaired) electrons. The van der Waals surface area contributed by atoms with Crippen molar-refractivity contribution in [3.05, 3.63) is 58.5 Å². The van der Waals surface area contributed by atoms with Crippen LogP contribution in [0.5, 0.6) is 5.75 Å². The molecule has 1 aromatic carbocycles. The van der Waals surface area contributed by atoms with Crippen LogP contribution in [-0.2, 0) is 9.92 Å². The predicted octanol–water partition coefficient (Wildman–Crippen LogP) is 5.74. The molecule has 188 valence electrons. The minimum absolute atomic E-state index is 0.00735. The van der Waals surface area contributed by atoms with Crippen LogP contribution in [0.4, 0.5) is 19.3 Å². The number of alkyl halides is 2. The Labute approximate surface area is 201 Å². The van der Waals surface area contributed by atoms with Crippen LogP contribution in [0.3, 0.4) is 0 Å². The number of rotatable bonds is 10. The normalized spacial score (nSPS) is 16.3. The molecule has 10 heteroatoms. The number of anilines is 1. The van der Waals surface area contributed by atoms with Crippen molar-refractivity contribution in [3.63, 3.8) is 0 Å². The highest BCUT2D eigenvalue weighted by molar-refractivity contribution is 7.95. The zero-order valence-corrected chi connectivity index (χ0v) is 21.1. The van der Waals surface area contributed by atoms with Crippen molar-refractivity contribution in [2.24, 2.45) is 9.50 Å². The third kappa shape index (κ3) is 8.03. The molecule has 3 N–H and O–H groups in total. The SMILES string of the molecule is C=C(/C=C\C(=C/C)CN(C)C)[S@@](N)(=O)=NC(=O)Nc1c(C(C)C)cc(OC(F)F)cc1C1CC1. The molecule has 0 aliphatic heterocycles. The van der Waals surface area contributed by atoms with Crippen molar-refractivity contribution in [1.82, 2.24) is 4.90 Å². The molecular formula is C24H34F2N4O3S. The van der Waals surface area contributed by atoms with Gasteiger partial charge >= 0.3 is 12.6 Å². The van der Waals surface area contributed by atoms with Gasteiger partial charge in [-0.2, -0.15) is 8.78 Å². The number of hydrogen-bond acceptors (Lipinski definition) is 4. The Kier molecular flexibility index (Phi) is 9.54. The van der Waals surface area contributed by atoms with Crippen molar-refractivity contribution in [3.8, 4) is 5.75 Å². The fourth-order valence-electron chi connectivity index (χ4n) is 3.36. The van der Waals surface area contributed by atoms with Crippen LogP contribution < -0.4 is 15.2 Å². The molecule has 1 atom stereocenters. The average Bonchev–Trinajstić information content (AvgIpc) is 3.55. The van der Waals surface area contributed by atoms with Gasteiger partial charge in [0.2, 0.25) is 0 Å². The Morgan fingerprint density at radius 2 is 2.00 bits per heavy atom. The fourth-order valence-corrected chi connectivity index (χ4v) is 4.03. The molecule has 34 heavy (non-hydrogen) atoms. The second-order valence-corrected chi connectivity index (χ2v) is 10.6. The molecule has 0 saturated heterocycles. The number of hydrogen-bond donors (Lipinski definition) is 2. The van der Waals surface area contributed by atoms with E-state index in [1.807, 2.05) is 45.8 Å². The lowest BCUT2D eigenvalue weighted by Gasteiger charge is -2.19. The number of nitrogens with one attached hydrogen (secondary N) is 1. The van der Waals surface area contributed by atoms with Crippen LogP contribution in [0.1, 0.15) is 56.6 Å². The number of carbonyl (C=O) groups is 1. The maximum atomic E-state index is 12.9. The summed E-state index contributed by atoms with van der Waals surface area (Å²) in [6.45, 7) is 7.05. The van der Waals surface area contributed by atoms with E-state index < -0.39 is 22.6 Å². The molecule has 1 aliphatic carbocycles. The summed E-state index contributed by atoms with van der Waals surface area (Å²) in [5.74, 6) is 0.0457. The summed E-state index contributed by atoms with van der Waals surface area (Å²) >= 11 is 0. The lowest BCUT2D eigenvalue weighted by molar-refractivity contribution is -0.0499. The molecule has 0 unspecified atom stereocenters. The van der Waals surface area contributed by atoms with Crippen LogP contribution in [0.25, 0.3) is 0 Å². The molecule has 2 rings (SSSR count). The summed E-state index contributed by atoms with van der Waals surface area (Å²) in [4.78, 5) is 14.7. The van der Waals surface area contributed by atoms with E-state index in [4.69, 9.17) is 5.14 Å². The molecular weight excluding hydrogens is 462 g/mol. The maximum absolute atomic E-state index is 12.9. The number of halogens is 2. The Morgan fingerprint density at radius 3 is 2.50 bits per heavy atom. The monoisotopic (exact) mass is 496 g/mol. The van der Waals surface area contributed by atoms with E-state index in [2.05, 4.69) is 21.0 Å². The number of urea groups is 1. The molecule has 1 saturated carbocycles. The topological polar surface area (TPSA) is 97.0 Å². The average molecular weight is 497 g/mol. The lowest BCUT2D eigenvalue weighted by atomic mass is 9.95. The zero-order chi connectivity index (χ0) is 25.6. The summed E-state index contributed by atoms with van der Waals surface area (Å²) < 4.78 is 46.8. The highest BCUT2D eigenvalue weighted by atomic mass is 32.2. The number of amides is 2. The van der Waals surface area contributed by atoms with Crippen molar-refractivity contribution >= 4 is 21.6 Å². The Hall–Kier alpha value is -2.56. The summed E-state index contributed by atoms with van der Waals surface area (Å²) in [7, 11) is 0.274. The first kappa shape index (κ1) is 27.7. The molecule has 1 aromatic rings. The van der Waals surface area contributed by atoms with E-state index in [1.54, 1.807) is 6.08 Å². The third-order valence-electron chi connectivity index (χ3n) is 5.22. The van der Waals surface area contributed by atoms with Crippen molar-refractivity contribution in [2.45, 2.75) is 52.1 Å². The maximum Gasteiger partial charge on any atom is 0.387 e. The first-order valence-corrected chi connectivity index (χ1v) is 12.6. The molecule has 0 aromatic heterocycles. The van der Waals surface area contributed by atoms with Gasteiger partial charge in [-0.25, -0.2) is 14.1 Å². The lowest BCUT2D eigenvalue weighted by Crippen LogP contribution is -2.19. The summed E-state index contributed by atoms with van der Waals surface area (Å²) in [6, 6.07) is 2.09. The number of allylic oxidation sites excluding steroid dienone is 2. The van der Waals surface area contributed by atoms with Crippen molar-refractivity contribution in [2.75, 3.05) is 26.0 Å². The highest BCUT2D eigenvalue weighted by Gasteiger charge is 2.30. The van der Waals surface area contributed by atoms with Crippen LogP contribution in [-0.4, -0.2) is 42.4 Å². The van der Waals surface area contributed by atoms with Gasteiger partial charge < -0.3 is 15.0 Å². The van der Waals surface area contributed by atoms with E-state index in [1.165, 1.54) is 18.2 Å². The number of benzene rings is 1. The largest absolute Gasteiger partial charge is 0.435 e. The van der Waals surface area contributed by atoms with Gasteiger partial charge in [-0.1, -0.05) is 32.6 Å². The van der Waals surface area contributed by atoms with Crippen molar-refractivity contribution < 1.29 is 22.5 Å².